The monoisotopic (exact) mass is 728 g/mol. The van der Waals surface area contributed by atoms with Gasteiger partial charge >= 0.3 is 5.97 Å². The molecule has 1 aliphatic rings. The summed E-state index contributed by atoms with van der Waals surface area (Å²) in [7, 11) is 0. The zero-order valence-corrected chi connectivity index (χ0v) is 26.7. The molecular weight excluding hydrogens is 703 g/mol. The third-order valence-corrected chi connectivity index (χ3v) is 8.67. The van der Waals surface area contributed by atoms with Gasteiger partial charge < -0.3 is 9.47 Å². The van der Waals surface area contributed by atoms with Gasteiger partial charge in [-0.15, -0.1) is 0 Å². The fourth-order valence-corrected chi connectivity index (χ4v) is 6.28. The van der Waals surface area contributed by atoms with E-state index in [-0.39, 0.29) is 12.2 Å². The first-order chi connectivity index (χ1) is 19.2. The zero-order valence-electron chi connectivity index (χ0n) is 22.1. The number of hydrogen-bond acceptors (Lipinski definition) is 6. The van der Waals surface area contributed by atoms with Gasteiger partial charge in [-0.05, 0) is 90.9 Å². The van der Waals surface area contributed by atoms with Crippen LogP contribution in [0.4, 0.5) is 0 Å². The van der Waals surface area contributed by atoms with E-state index in [4.69, 9.17) is 9.47 Å². The highest BCUT2D eigenvalue weighted by molar-refractivity contribution is 14.1. The Bertz CT molecular complexity index is 1790. The molecule has 0 saturated carbocycles. The van der Waals surface area contributed by atoms with Crippen molar-refractivity contribution in [2.24, 2.45) is 4.99 Å². The second-order valence-electron chi connectivity index (χ2n) is 9.31. The number of aromatic nitrogens is 1. The molecule has 0 N–H and O–H groups in total. The lowest BCUT2D eigenvalue weighted by Crippen LogP contribution is -2.39. The highest BCUT2D eigenvalue weighted by Crippen LogP contribution is 2.31. The zero-order chi connectivity index (χ0) is 28.4. The van der Waals surface area contributed by atoms with Crippen molar-refractivity contribution in [3.63, 3.8) is 0 Å². The Labute approximate surface area is 258 Å². The van der Waals surface area contributed by atoms with Crippen LogP contribution in [0.5, 0.6) is 5.75 Å². The lowest BCUT2D eigenvalue weighted by Gasteiger charge is -2.24. The average molecular weight is 729 g/mol. The maximum absolute atomic E-state index is 14.0. The highest BCUT2D eigenvalue weighted by atomic mass is 127. The number of fused-ring (bicyclic) bond motifs is 1. The molecule has 0 radical (unpaired) electrons. The summed E-state index contributed by atoms with van der Waals surface area (Å²) in [6, 6.07) is 21.1. The van der Waals surface area contributed by atoms with Crippen LogP contribution in [-0.2, 0) is 16.1 Å². The first-order valence-corrected chi connectivity index (χ1v) is 15.4. The summed E-state index contributed by atoms with van der Waals surface area (Å²) in [4.78, 5) is 32.2. The van der Waals surface area contributed by atoms with Gasteiger partial charge in [0.05, 0.1) is 28.5 Å². The van der Waals surface area contributed by atoms with Gasteiger partial charge in [-0.2, -0.15) is 0 Å². The van der Waals surface area contributed by atoms with E-state index in [1.807, 2.05) is 79.7 Å². The van der Waals surface area contributed by atoms with Crippen LogP contribution in [0.15, 0.2) is 92.3 Å². The fraction of sp³-hybridized carbons (Fsp3) is 0.194. The molecule has 0 bridgehead atoms. The molecular formula is C31H26BrIN2O4S. The van der Waals surface area contributed by atoms with Gasteiger partial charge in [0.2, 0.25) is 0 Å². The number of ether oxygens (including phenoxy) is 2. The molecule has 204 valence electrons. The molecule has 3 aromatic carbocycles. The molecule has 1 aliphatic heterocycles. The van der Waals surface area contributed by atoms with Crippen LogP contribution in [0.25, 0.3) is 6.08 Å². The van der Waals surface area contributed by atoms with Crippen LogP contribution in [-0.4, -0.2) is 17.1 Å². The molecule has 0 unspecified atom stereocenters. The molecule has 0 fully saturated rings. The van der Waals surface area contributed by atoms with Gasteiger partial charge in [-0.3, -0.25) is 9.36 Å². The normalized spacial score (nSPS) is 15.0. The Morgan fingerprint density at radius 2 is 1.82 bits per heavy atom. The van der Waals surface area contributed by atoms with Crippen LogP contribution >= 0.6 is 49.9 Å². The minimum absolute atomic E-state index is 0.229. The van der Waals surface area contributed by atoms with E-state index in [1.165, 1.54) is 11.3 Å². The predicted molar refractivity (Wildman–Crippen MR) is 169 cm³/mol. The largest absolute Gasteiger partial charge is 0.488 e. The Morgan fingerprint density at radius 1 is 1.10 bits per heavy atom. The molecule has 0 aliphatic carbocycles. The Balaban J connectivity index is 1.61. The first kappa shape index (κ1) is 28.5. The second kappa shape index (κ2) is 12.2. The second-order valence-corrected chi connectivity index (χ2v) is 12.5. The van der Waals surface area contributed by atoms with Gasteiger partial charge in [0.15, 0.2) is 4.80 Å². The summed E-state index contributed by atoms with van der Waals surface area (Å²) in [5.74, 6) is 0.188. The summed E-state index contributed by atoms with van der Waals surface area (Å²) in [6.07, 6.45) is 1.83. The van der Waals surface area contributed by atoms with Crippen molar-refractivity contribution in [3.8, 4) is 5.75 Å². The number of halogens is 2. The minimum Gasteiger partial charge on any atom is -0.488 e. The Hall–Kier alpha value is -3.02. The third-order valence-electron chi connectivity index (χ3n) is 6.48. The highest BCUT2D eigenvalue weighted by Gasteiger charge is 2.33. The SMILES string of the molecule is CCOC(=O)C1=C(C)N=c2s/c(=C/c3cc(Br)ccc3OCc3ccc(I)cc3)c(=O)n2[C@@H]1c1ccc(C)cc1. The number of aryl methyl sites for hydroxylation is 1. The predicted octanol–water partition coefficient (Wildman–Crippen LogP) is 6.05. The van der Waals surface area contributed by atoms with E-state index in [0.29, 0.717) is 33.0 Å². The topological polar surface area (TPSA) is 69.9 Å². The maximum Gasteiger partial charge on any atom is 0.338 e. The van der Waals surface area contributed by atoms with Crippen molar-refractivity contribution in [2.75, 3.05) is 6.61 Å². The molecule has 2 heterocycles. The van der Waals surface area contributed by atoms with Crippen LogP contribution in [0.2, 0.25) is 0 Å². The number of benzene rings is 3. The lowest BCUT2D eigenvalue weighted by molar-refractivity contribution is -0.139. The molecule has 0 saturated heterocycles. The van der Waals surface area contributed by atoms with Crippen LogP contribution in [0.3, 0.4) is 0 Å². The number of nitrogens with zero attached hydrogens (tertiary/aromatic N) is 2. The number of carbonyl (C=O) groups is 1. The molecule has 0 amide bonds. The van der Waals surface area contributed by atoms with E-state index in [9.17, 15) is 9.59 Å². The standard InChI is InChI=1S/C31H26BrIN2O4S/c1-4-38-30(37)27-19(3)34-31-35(28(27)21-9-5-18(2)6-10-21)29(36)26(40-31)16-22-15-23(32)11-14-25(22)39-17-20-7-12-24(33)13-8-20/h5-16,28H,4,17H2,1-3H3/b26-16+/t28-/m1/s1. The molecule has 4 aromatic rings. The summed E-state index contributed by atoms with van der Waals surface area (Å²) in [6.45, 7) is 6.18. The molecule has 9 heteroatoms. The summed E-state index contributed by atoms with van der Waals surface area (Å²) >= 11 is 7.11. The van der Waals surface area contributed by atoms with Gasteiger partial charge in [-0.1, -0.05) is 69.2 Å². The van der Waals surface area contributed by atoms with E-state index >= 15 is 0 Å². The van der Waals surface area contributed by atoms with Crippen molar-refractivity contribution in [3.05, 3.63) is 128 Å². The molecule has 1 atom stereocenters. The minimum atomic E-state index is -0.642. The molecule has 1 aromatic heterocycles. The number of hydrogen-bond donors (Lipinski definition) is 0. The molecule has 6 nitrogen and oxygen atoms in total. The van der Waals surface area contributed by atoms with E-state index < -0.39 is 12.0 Å². The number of rotatable bonds is 7. The number of thiazole rings is 1. The summed E-state index contributed by atoms with van der Waals surface area (Å²) < 4.78 is 15.7. The van der Waals surface area contributed by atoms with Crippen LogP contribution in [0, 0.1) is 10.5 Å². The van der Waals surface area contributed by atoms with Gasteiger partial charge in [0.25, 0.3) is 5.56 Å². The lowest BCUT2D eigenvalue weighted by atomic mass is 9.95. The quantitative estimate of drug-likeness (QED) is 0.172. The van der Waals surface area contributed by atoms with Crippen molar-refractivity contribution in [1.82, 2.24) is 4.57 Å². The summed E-state index contributed by atoms with van der Waals surface area (Å²) in [5, 5.41) is 0. The number of carbonyl (C=O) groups excluding carboxylic acids is 1. The number of esters is 1. The van der Waals surface area contributed by atoms with E-state index in [0.717, 1.165) is 30.3 Å². The first-order valence-electron chi connectivity index (χ1n) is 12.7. The van der Waals surface area contributed by atoms with Gasteiger partial charge in [0, 0.05) is 13.6 Å². The molecule has 0 spiro atoms. The van der Waals surface area contributed by atoms with Gasteiger partial charge in [0.1, 0.15) is 12.4 Å². The average Bonchev–Trinajstić information content (AvgIpc) is 3.23. The van der Waals surface area contributed by atoms with E-state index in [1.54, 1.807) is 18.4 Å². The molecule has 5 rings (SSSR count). The van der Waals surface area contributed by atoms with Crippen molar-refractivity contribution in [2.45, 2.75) is 33.4 Å². The fourth-order valence-electron chi connectivity index (χ4n) is 4.50. The third kappa shape index (κ3) is 6.01. The van der Waals surface area contributed by atoms with Gasteiger partial charge in [-0.25, -0.2) is 9.79 Å². The number of allylic oxidation sites excluding steroid dienone is 1. The van der Waals surface area contributed by atoms with Crippen LogP contribution in [0.1, 0.15) is 42.1 Å². The smallest absolute Gasteiger partial charge is 0.338 e. The Morgan fingerprint density at radius 3 is 2.52 bits per heavy atom. The Kier molecular flexibility index (Phi) is 8.72. The maximum atomic E-state index is 14.0. The van der Waals surface area contributed by atoms with E-state index in [2.05, 4.69) is 43.5 Å². The molecule has 40 heavy (non-hydrogen) atoms. The van der Waals surface area contributed by atoms with Crippen molar-refractivity contribution < 1.29 is 14.3 Å². The summed E-state index contributed by atoms with van der Waals surface area (Å²) in [5.41, 5.74) is 4.40. The van der Waals surface area contributed by atoms with Crippen LogP contribution < -0.4 is 19.6 Å². The van der Waals surface area contributed by atoms with Crippen molar-refractivity contribution >= 4 is 61.9 Å². The van der Waals surface area contributed by atoms with Crippen molar-refractivity contribution in [1.29, 1.82) is 0 Å².